The molecule has 588 valence electrons. The van der Waals surface area contributed by atoms with Crippen molar-refractivity contribution in [1.82, 2.24) is 58.1 Å². The molecule has 0 aliphatic heterocycles. The summed E-state index contributed by atoms with van der Waals surface area (Å²) in [4.78, 5) is 42.1. The number of para-hydroxylation sites is 8. The van der Waals surface area contributed by atoms with E-state index >= 15 is 0 Å². The third-order valence-corrected chi connectivity index (χ3v) is 26.9. The third-order valence-electron chi connectivity index (χ3n) is 25.7. The highest BCUT2D eigenvalue weighted by Gasteiger charge is 2.28. The molecule has 28 aromatic rings. The van der Waals surface area contributed by atoms with Gasteiger partial charge in [0.2, 0.25) is 0 Å². The van der Waals surface area contributed by atoms with E-state index in [4.69, 9.17) is 34.9 Å². The molecule has 0 spiro atoms. The van der Waals surface area contributed by atoms with Gasteiger partial charge in [0.1, 0.15) is 5.69 Å². The van der Waals surface area contributed by atoms with Crippen molar-refractivity contribution in [2.24, 2.45) is 0 Å². The molecule has 127 heavy (non-hydrogen) atoms. The van der Waals surface area contributed by atoms with E-state index in [2.05, 4.69) is 304 Å². The molecule has 0 N–H and O–H groups in total. The topological polar surface area (TPSA) is 123 Å². The molecule has 13 heteroatoms. The maximum absolute atomic E-state index is 10.1. The lowest BCUT2D eigenvalue weighted by molar-refractivity contribution is 1.07. The van der Waals surface area contributed by atoms with Crippen molar-refractivity contribution >= 4 is 206 Å². The zero-order valence-corrected chi connectivity index (χ0v) is 68.5. The Kier molecular flexibility index (Phi) is 15.0. The number of fused-ring (bicyclic) bond motifs is 31. The van der Waals surface area contributed by atoms with Gasteiger partial charge in [-0.25, -0.2) is 29.9 Å². The Bertz CT molecular complexity index is 9680. The predicted octanol–water partition coefficient (Wildman–Crippen LogP) is 29.2. The molecule has 0 atom stereocenters. The first kappa shape index (κ1) is 68.6. The van der Waals surface area contributed by atoms with Crippen molar-refractivity contribution in [1.29, 1.82) is 0 Å². The summed E-state index contributed by atoms with van der Waals surface area (Å²) in [5, 5.41) is 19.5. The van der Waals surface area contributed by atoms with E-state index in [1.54, 1.807) is 0 Å². The zero-order valence-electron chi connectivity index (χ0n) is 69.7. The molecule has 9 aromatic heterocycles. The van der Waals surface area contributed by atoms with E-state index in [1.807, 2.05) is 119 Å². The van der Waals surface area contributed by atoms with Gasteiger partial charge in [-0.2, -0.15) is 0 Å². The molecule has 0 fully saturated rings. The number of hydrogen-bond acceptors (Lipinski definition) is 9. The van der Waals surface area contributed by atoms with Crippen LogP contribution in [0.1, 0.15) is 2.74 Å². The first-order valence-electron chi connectivity index (χ1n) is 43.6. The second kappa shape index (κ2) is 27.8. The van der Waals surface area contributed by atoms with Gasteiger partial charge in [-0.15, -0.1) is 11.3 Å². The number of benzene rings is 19. The molecular formula is C114H66N12S. The summed E-state index contributed by atoms with van der Waals surface area (Å²) in [6.07, 6.45) is 3.68. The number of aromatic nitrogens is 12. The van der Waals surface area contributed by atoms with Crippen LogP contribution in [0.4, 0.5) is 0 Å². The molecule has 0 bridgehead atoms. The second-order valence-electron chi connectivity index (χ2n) is 32.6. The minimum Gasteiger partial charge on any atom is -0.309 e. The molecule has 9 heterocycles. The average molecular weight is 1640 g/mol. The maximum Gasteiger partial charge on any atom is 0.165 e. The minimum atomic E-state index is 0.0808. The summed E-state index contributed by atoms with van der Waals surface area (Å²) < 4.78 is 31.6. The van der Waals surface area contributed by atoms with Crippen LogP contribution in [0, 0.1) is 0 Å². The van der Waals surface area contributed by atoms with Gasteiger partial charge in [0.05, 0.1) is 120 Å². The van der Waals surface area contributed by atoms with Gasteiger partial charge >= 0.3 is 0 Å². The Hall–Kier alpha value is -17.0. The fraction of sp³-hybridized carbons (Fsp3) is 0. The first-order valence-corrected chi connectivity index (χ1v) is 43.4. The molecule has 0 amide bonds. The third kappa shape index (κ3) is 10.7. The predicted molar refractivity (Wildman–Crippen MR) is 527 cm³/mol. The zero-order chi connectivity index (χ0) is 84.8. The van der Waals surface area contributed by atoms with Crippen molar-refractivity contribution in [3.05, 3.63) is 401 Å². The van der Waals surface area contributed by atoms with Crippen LogP contribution >= 0.6 is 11.3 Å². The monoisotopic (exact) mass is 1640 g/mol. The van der Waals surface area contributed by atoms with E-state index in [1.165, 1.54) is 41.7 Å². The Morgan fingerprint density at radius 2 is 0.669 bits per heavy atom. The highest BCUT2D eigenvalue weighted by Crippen LogP contribution is 2.49. The van der Waals surface area contributed by atoms with E-state index in [0.29, 0.717) is 28.4 Å². The Morgan fingerprint density at radius 3 is 1.27 bits per heavy atom. The summed E-state index contributed by atoms with van der Waals surface area (Å²) in [5.41, 5.74) is 23.7. The number of thiophene rings is 1. The van der Waals surface area contributed by atoms with Crippen molar-refractivity contribution in [2.75, 3.05) is 0 Å². The Labute approximate surface area is 730 Å². The lowest BCUT2D eigenvalue weighted by Crippen LogP contribution is -2.04. The van der Waals surface area contributed by atoms with Crippen molar-refractivity contribution in [3.63, 3.8) is 0 Å². The van der Waals surface area contributed by atoms with E-state index in [0.717, 1.165) is 193 Å². The van der Waals surface area contributed by atoms with Crippen LogP contribution in [-0.2, 0) is 0 Å². The van der Waals surface area contributed by atoms with E-state index in [-0.39, 0.29) is 12.1 Å². The van der Waals surface area contributed by atoms with Gasteiger partial charge in [-0.1, -0.05) is 285 Å². The van der Waals surface area contributed by atoms with Crippen LogP contribution in [0.5, 0.6) is 0 Å². The lowest BCUT2D eigenvalue weighted by atomic mass is 9.99. The van der Waals surface area contributed by atoms with Crippen molar-refractivity contribution in [2.45, 2.75) is 0 Å². The van der Waals surface area contributed by atoms with E-state index < -0.39 is 0 Å². The molecule has 0 aliphatic carbocycles. The summed E-state index contributed by atoms with van der Waals surface area (Å²) >= 11 is 1.82. The van der Waals surface area contributed by atoms with Crippen molar-refractivity contribution in [3.8, 4) is 68.0 Å². The molecule has 28 rings (SSSR count). The largest absolute Gasteiger partial charge is 0.309 e. The highest BCUT2D eigenvalue weighted by atomic mass is 32.1. The van der Waals surface area contributed by atoms with Crippen LogP contribution in [0.25, 0.3) is 263 Å². The second-order valence-corrected chi connectivity index (χ2v) is 33.6. The molecule has 0 radical (unpaired) electrons. The van der Waals surface area contributed by atoms with Gasteiger partial charge in [0, 0.05) is 118 Å². The molecule has 12 nitrogen and oxygen atoms in total. The molecular weight excluding hydrogens is 1570 g/mol. The summed E-state index contributed by atoms with van der Waals surface area (Å²) in [6.45, 7) is 0. The fourth-order valence-corrected chi connectivity index (χ4v) is 21.4. The van der Waals surface area contributed by atoms with Gasteiger partial charge in [-0.3, -0.25) is 19.1 Å². The van der Waals surface area contributed by atoms with Crippen molar-refractivity contribution < 1.29 is 2.74 Å². The minimum absolute atomic E-state index is 0.0808. The maximum atomic E-state index is 10.1. The van der Waals surface area contributed by atoms with Crippen LogP contribution < -0.4 is 0 Å². The SMILES string of the molecule is [2H]c1c([2H])c2c(c3ccccc3n2-c2nc3c4ccccc4c4ccccc4c3nc2-c2ccccc2)c2c3ccccc3n(-c3cnc4c5ccccc5c5ccccc5c4n3)c12.c1cc(-c2nc3ccccc3nc2-c2cccc3c2sc2ccccc23)cc(-n2c3ccccc3c3c4c5ccccc5n(-c5ccc(-c6cnc7ccccc7n6)cc5)c4ccc32)c1. The first-order chi connectivity index (χ1) is 63.9. The van der Waals surface area contributed by atoms with Gasteiger partial charge in [0.15, 0.2) is 11.6 Å². The molecule has 0 aliphatic rings. The van der Waals surface area contributed by atoms with Crippen LogP contribution in [0.15, 0.2) is 401 Å². The highest BCUT2D eigenvalue weighted by molar-refractivity contribution is 7.26. The lowest BCUT2D eigenvalue weighted by Gasteiger charge is -2.16. The standard InChI is InChI=1S/C58H34N6S.C56H32N6/c1-8-24-49-41(16-1)54-51(63(49)37-29-27-35(28-30-37)48-34-59-44-20-4-5-21-45(44)60-48)31-32-52-55(54)42-17-2-9-25-50(42)64(52)38-14-11-13-36(33-38)56-57(62-47-23-7-6-22-46(47)61-56)43-19-12-18-40-39-15-3-10-26-53(39)65-58(40)43;1-2-16-33(17-3-1)51-56(60-55-41-25-11-7-21-37(41)36-20-6-10-24-40(36)54(55)59-51)62-45-29-15-13-27-43(45)50-47(62)31-30-46-49(50)42-26-12-14-28-44(42)61(46)48-32-57-52-38-22-8-4-18-34(38)35-19-5-9-23-39(35)53(52)58-48/h1-34H;1-32H/i;30D,31D. The Morgan fingerprint density at radius 1 is 0.236 bits per heavy atom. The smallest absolute Gasteiger partial charge is 0.165 e. The summed E-state index contributed by atoms with van der Waals surface area (Å²) in [5.74, 6) is 1.18. The van der Waals surface area contributed by atoms with Crippen LogP contribution in [-0.4, -0.2) is 58.1 Å². The molecule has 0 unspecified atom stereocenters. The quantitative estimate of drug-likeness (QED) is 0.138. The normalized spacial score (nSPS) is 12.3. The average Bonchev–Trinajstić information content (AvgIpc) is 1.52. The molecule has 0 saturated carbocycles. The summed E-state index contributed by atoms with van der Waals surface area (Å²) in [7, 11) is 0. The van der Waals surface area contributed by atoms with Crippen LogP contribution in [0.3, 0.4) is 0 Å². The fourth-order valence-electron chi connectivity index (χ4n) is 20.2. The number of rotatable bonds is 8. The van der Waals surface area contributed by atoms with Gasteiger partial charge < -0.3 is 9.13 Å². The number of hydrogen-bond donors (Lipinski definition) is 0. The molecule has 19 aromatic carbocycles. The Balaban J connectivity index is 0.000000133. The molecule has 0 saturated heterocycles. The van der Waals surface area contributed by atoms with E-state index in [9.17, 15) is 2.74 Å². The van der Waals surface area contributed by atoms with Gasteiger partial charge in [0.25, 0.3) is 0 Å². The number of nitrogens with zero attached hydrogens (tertiary/aromatic N) is 12. The van der Waals surface area contributed by atoms with Crippen LogP contribution in [0.2, 0.25) is 0 Å². The van der Waals surface area contributed by atoms with Gasteiger partial charge in [-0.05, 0) is 125 Å². The summed E-state index contributed by atoms with van der Waals surface area (Å²) in [6, 6.07) is 131.